The molecule has 0 aliphatic rings. The molecule has 0 saturated heterocycles. The van der Waals surface area contributed by atoms with Crippen LogP contribution in [0.4, 0.5) is 13.2 Å². The van der Waals surface area contributed by atoms with Gasteiger partial charge in [0.05, 0.1) is 13.2 Å². The van der Waals surface area contributed by atoms with E-state index in [1.54, 1.807) is 6.92 Å². The van der Waals surface area contributed by atoms with Gasteiger partial charge in [0.1, 0.15) is 11.3 Å². The molecule has 1 aromatic carbocycles. The lowest BCUT2D eigenvalue weighted by Gasteiger charge is -2.30. The van der Waals surface area contributed by atoms with Crippen LogP contribution in [0.1, 0.15) is 116 Å². The van der Waals surface area contributed by atoms with Crippen LogP contribution in [0.25, 0.3) is 0 Å². The lowest BCUT2D eigenvalue weighted by atomic mass is 9.84. The molecule has 0 radical (unpaired) electrons. The van der Waals surface area contributed by atoms with Crippen molar-refractivity contribution in [2.45, 2.75) is 122 Å². The van der Waals surface area contributed by atoms with Crippen molar-refractivity contribution >= 4 is 28.6 Å². The van der Waals surface area contributed by atoms with Gasteiger partial charge in [-0.15, -0.1) is 0 Å². The molecule has 0 saturated carbocycles. The van der Waals surface area contributed by atoms with Gasteiger partial charge in [-0.1, -0.05) is 83.6 Å². The quantitative estimate of drug-likeness (QED) is 0.0892. The van der Waals surface area contributed by atoms with Gasteiger partial charge in [-0.2, -0.15) is 13.2 Å². The molecule has 0 heterocycles. The number of hydrogen-bond donors (Lipinski definition) is 1. The number of alkyl halides is 3. The molecule has 8 heteroatoms. The molecule has 1 rings (SSSR count). The maximum absolute atomic E-state index is 13.0. The van der Waals surface area contributed by atoms with E-state index in [1.165, 1.54) is 19.3 Å². The average molecular weight is 628 g/mol. The zero-order chi connectivity index (χ0) is 26.9. The van der Waals surface area contributed by atoms with Gasteiger partial charge in [0, 0.05) is 15.6 Å². The molecule has 1 atom stereocenters. The summed E-state index contributed by atoms with van der Waals surface area (Å²) in [4.78, 5) is 13.0. The van der Waals surface area contributed by atoms with E-state index in [-0.39, 0.29) is 13.0 Å². The highest BCUT2D eigenvalue weighted by Crippen LogP contribution is 2.37. The van der Waals surface area contributed by atoms with Gasteiger partial charge in [-0.25, -0.2) is 4.79 Å². The van der Waals surface area contributed by atoms with Crippen LogP contribution < -0.4 is 10.5 Å². The zero-order valence-corrected chi connectivity index (χ0v) is 24.2. The lowest BCUT2D eigenvalue weighted by Crippen LogP contribution is -2.47. The summed E-state index contributed by atoms with van der Waals surface area (Å²) < 4.78 is 49.0. The van der Waals surface area contributed by atoms with E-state index < -0.39 is 24.1 Å². The largest absolute Gasteiger partial charge is 0.493 e. The maximum Gasteiger partial charge on any atom is 0.389 e. The van der Waals surface area contributed by atoms with Gasteiger partial charge >= 0.3 is 12.1 Å². The first kappa shape index (κ1) is 33.0. The number of nitrogens with two attached hydrogens (primary N) is 1. The Balaban J connectivity index is 2.64. The van der Waals surface area contributed by atoms with Crippen LogP contribution in [0.15, 0.2) is 18.2 Å². The second kappa shape index (κ2) is 18.3. The fraction of sp³-hybridized carbons (Fsp3) is 0.750. The summed E-state index contributed by atoms with van der Waals surface area (Å²) >= 11 is 2.21. The summed E-state index contributed by atoms with van der Waals surface area (Å²) in [6.45, 7) is 4.74. The van der Waals surface area contributed by atoms with Crippen molar-refractivity contribution in [3.63, 3.8) is 0 Å². The van der Waals surface area contributed by atoms with Gasteiger partial charge in [-0.05, 0) is 60.9 Å². The number of carbonyl (C=O) groups excluding carboxylic acids is 1. The summed E-state index contributed by atoms with van der Waals surface area (Å²) in [6, 6.07) is 5.70. The van der Waals surface area contributed by atoms with Crippen LogP contribution in [0.2, 0.25) is 0 Å². The highest BCUT2D eigenvalue weighted by atomic mass is 127. The van der Waals surface area contributed by atoms with Crippen LogP contribution in [0.5, 0.6) is 5.75 Å². The van der Waals surface area contributed by atoms with Gasteiger partial charge in [-0.3, -0.25) is 0 Å². The molecule has 2 N–H and O–H groups in total. The van der Waals surface area contributed by atoms with E-state index in [1.807, 2.05) is 18.2 Å². The van der Waals surface area contributed by atoms with Crippen molar-refractivity contribution in [3.05, 3.63) is 27.3 Å². The molecule has 0 aliphatic heterocycles. The Kier molecular flexibility index (Phi) is 16.7. The molecule has 0 spiro atoms. The normalized spacial score (nSPS) is 13.4. The van der Waals surface area contributed by atoms with Crippen molar-refractivity contribution in [2.75, 3.05) is 13.2 Å². The predicted octanol–water partition coefficient (Wildman–Crippen LogP) is 8.82. The van der Waals surface area contributed by atoms with E-state index in [0.717, 1.165) is 54.9 Å². The predicted molar refractivity (Wildman–Crippen MR) is 148 cm³/mol. The Morgan fingerprint density at radius 3 is 2.00 bits per heavy atom. The van der Waals surface area contributed by atoms with Crippen LogP contribution in [-0.4, -0.2) is 25.4 Å². The molecule has 1 unspecified atom stereocenters. The molecule has 1 aromatic rings. The Morgan fingerprint density at radius 1 is 0.861 bits per heavy atom. The zero-order valence-electron chi connectivity index (χ0n) is 22.1. The number of hydrogen-bond acceptors (Lipinski definition) is 4. The van der Waals surface area contributed by atoms with Gasteiger partial charge in [0.25, 0.3) is 0 Å². The Bertz CT molecular complexity index is 745. The summed E-state index contributed by atoms with van der Waals surface area (Å²) in [5, 5.41) is 0. The summed E-state index contributed by atoms with van der Waals surface area (Å²) in [5.41, 5.74) is 6.24. The number of ether oxygens (including phenoxy) is 2. The smallest absolute Gasteiger partial charge is 0.389 e. The molecule has 36 heavy (non-hydrogen) atoms. The first-order valence-electron chi connectivity index (χ1n) is 13.6. The number of halogens is 4. The van der Waals surface area contributed by atoms with Crippen LogP contribution in [0, 0.1) is 3.57 Å². The Labute approximate surface area is 229 Å². The molecule has 0 bridgehead atoms. The van der Waals surface area contributed by atoms with Gasteiger partial charge in [0.15, 0.2) is 0 Å². The molecule has 0 amide bonds. The van der Waals surface area contributed by atoms with Crippen LogP contribution >= 0.6 is 22.6 Å². The number of carbonyl (C=O) groups is 1. The molecule has 0 fully saturated rings. The molecular formula is C28H45F3INO3. The van der Waals surface area contributed by atoms with Crippen molar-refractivity contribution in [3.8, 4) is 5.75 Å². The number of unbranched alkanes of at least 4 members (excludes halogenated alkanes) is 11. The molecule has 4 nitrogen and oxygen atoms in total. The fourth-order valence-corrected chi connectivity index (χ4v) is 5.28. The first-order chi connectivity index (χ1) is 17.2. The number of esters is 1. The monoisotopic (exact) mass is 627 g/mol. The van der Waals surface area contributed by atoms with Crippen LogP contribution in [0.3, 0.4) is 0 Å². The maximum atomic E-state index is 13.0. The van der Waals surface area contributed by atoms with E-state index >= 15 is 0 Å². The third-order valence-electron chi connectivity index (χ3n) is 6.35. The SMILES string of the molecule is CCCCCCCCC(N)(C(=O)OCC)c1c(I)cccc1OCCCCCCCCCC(F)(F)F. The highest BCUT2D eigenvalue weighted by molar-refractivity contribution is 14.1. The van der Waals surface area contributed by atoms with Crippen molar-refractivity contribution in [1.29, 1.82) is 0 Å². The second-order valence-electron chi connectivity index (χ2n) is 9.51. The van der Waals surface area contributed by atoms with Crippen molar-refractivity contribution in [2.24, 2.45) is 5.73 Å². The third-order valence-corrected chi connectivity index (χ3v) is 7.25. The molecular weight excluding hydrogens is 582 g/mol. The summed E-state index contributed by atoms with van der Waals surface area (Å²) in [6.07, 6.45) is 7.69. The van der Waals surface area contributed by atoms with E-state index in [0.29, 0.717) is 30.8 Å². The lowest BCUT2D eigenvalue weighted by molar-refractivity contribution is -0.150. The highest BCUT2D eigenvalue weighted by Gasteiger charge is 2.41. The summed E-state index contributed by atoms with van der Waals surface area (Å²) in [7, 11) is 0. The van der Waals surface area contributed by atoms with Gasteiger partial charge in [0.2, 0.25) is 0 Å². The first-order valence-corrected chi connectivity index (χ1v) is 14.7. The Morgan fingerprint density at radius 2 is 1.42 bits per heavy atom. The standard InChI is InChI=1S/C28H45F3INO3/c1-3-5-6-7-11-14-20-27(33,26(34)35-4-2)25-23(32)18-17-19-24(25)36-22-16-13-10-8-9-12-15-21-28(29,30)31/h17-19H,3-16,20-22,33H2,1-2H3. The minimum atomic E-state index is -4.05. The van der Waals surface area contributed by atoms with E-state index in [2.05, 4.69) is 29.5 Å². The fourth-order valence-electron chi connectivity index (χ4n) is 4.32. The van der Waals surface area contributed by atoms with E-state index in [4.69, 9.17) is 15.2 Å². The van der Waals surface area contributed by atoms with Crippen molar-refractivity contribution < 1.29 is 27.4 Å². The topological polar surface area (TPSA) is 61.6 Å². The minimum Gasteiger partial charge on any atom is -0.493 e. The van der Waals surface area contributed by atoms with E-state index in [9.17, 15) is 18.0 Å². The second-order valence-corrected chi connectivity index (χ2v) is 10.7. The average Bonchev–Trinajstić information content (AvgIpc) is 2.81. The van der Waals surface area contributed by atoms with Gasteiger partial charge < -0.3 is 15.2 Å². The number of benzene rings is 1. The minimum absolute atomic E-state index is 0.210. The molecule has 208 valence electrons. The molecule has 0 aliphatic carbocycles. The summed E-state index contributed by atoms with van der Waals surface area (Å²) in [5.74, 6) is 0.202. The molecule has 0 aromatic heterocycles. The Hall–Kier alpha value is -1.03. The number of rotatable bonds is 20. The van der Waals surface area contributed by atoms with Crippen LogP contribution in [-0.2, 0) is 15.1 Å². The van der Waals surface area contributed by atoms with Crippen molar-refractivity contribution in [1.82, 2.24) is 0 Å². The third kappa shape index (κ3) is 13.0.